The van der Waals surface area contributed by atoms with E-state index < -0.39 is 0 Å². The predicted molar refractivity (Wildman–Crippen MR) is 111 cm³/mol. The summed E-state index contributed by atoms with van der Waals surface area (Å²) in [6.45, 7) is 2.87. The molecule has 2 aromatic carbocycles. The van der Waals surface area contributed by atoms with Crippen LogP contribution in [0.4, 0.5) is 0 Å². The Morgan fingerprint density at radius 1 is 0.926 bits per heavy atom. The Labute approximate surface area is 163 Å². The van der Waals surface area contributed by atoms with Crippen LogP contribution in [0.25, 0.3) is 0 Å². The lowest BCUT2D eigenvalue weighted by Gasteiger charge is -2.32. The van der Waals surface area contributed by atoms with Crippen molar-refractivity contribution in [2.45, 2.75) is 44.6 Å². The van der Waals surface area contributed by atoms with Crippen LogP contribution in [0.1, 0.15) is 37.7 Å². The molecule has 2 N–H and O–H groups in total. The molecule has 1 saturated heterocycles. The molecule has 4 rings (SSSR count). The molecule has 1 saturated carbocycles. The van der Waals surface area contributed by atoms with Gasteiger partial charge >= 0.3 is 0 Å². The van der Waals surface area contributed by atoms with Gasteiger partial charge in [-0.2, -0.15) is 0 Å². The zero-order valence-corrected chi connectivity index (χ0v) is 16.2. The van der Waals surface area contributed by atoms with Crippen LogP contribution in [0.2, 0.25) is 0 Å². The average molecular weight is 368 g/mol. The minimum absolute atomic E-state index is 0.322. The maximum absolute atomic E-state index is 9.09. The Kier molecular flexibility index (Phi) is 7.73. The third-order valence-corrected chi connectivity index (χ3v) is 6.09. The quantitative estimate of drug-likeness (QED) is 0.790. The van der Waals surface area contributed by atoms with E-state index in [2.05, 4.69) is 35.2 Å². The van der Waals surface area contributed by atoms with E-state index >= 15 is 0 Å². The standard InChI is InChI=1S/C18H27NO.C6H6O/c20-13-5-9-17-16-8-4-10-18(17)19(14-16)12-11-15-6-2-1-3-7-15;7-6-4-2-1-3-5-6/h1-3,6-7,16-18,20H,4-5,8-14H2;1-5,7H. The molecule has 2 aromatic rings. The molecule has 2 fully saturated rings. The van der Waals surface area contributed by atoms with E-state index in [0.717, 1.165) is 24.3 Å². The van der Waals surface area contributed by atoms with Gasteiger partial charge < -0.3 is 10.2 Å². The molecule has 1 aliphatic carbocycles. The number of benzene rings is 2. The first-order chi connectivity index (χ1) is 13.3. The number of hydrogen-bond donors (Lipinski definition) is 2. The molecule has 0 spiro atoms. The fraction of sp³-hybridized carbons (Fsp3) is 0.500. The summed E-state index contributed by atoms with van der Waals surface area (Å²) in [7, 11) is 0. The highest BCUT2D eigenvalue weighted by Crippen LogP contribution is 2.42. The highest BCUT2D eigenvalue weighted by molar-refractivity contribution is 5.18. The minimum atomic E-state index is 0.322. The van der Waals surface area contributed by atoms with E-state index in [1.165, 1.54) is 50.8 Å². The fourth-order valence-corrected chi connectivity index (χ4v) is 4.81. The molecule has 27 heavy (non-hydrogen) atoms. The summed E-state index contributed by atoms with van der Waals surface area (Å²) in [5.41, 5.74) is 1.46. The summed E-state index contributed by atoms with van der Waals surface area (Å²) in [6, 6.07) is 20.4. The van der Waals surface area contributed by atoms with Gasteiger partial charge in [0.15, 0.2) is 0 Å². The Morgan fingerprint density at radius 3 is 2.26 bits per heavy atom. The highest BCUT2D eigenvalue weighted by atomic mass is 16.3. The number of aromatic hydroxyl groups is 1. The van der Waals surface area contributed by atoms with Crippen molar-refractivity contribution in [1.29, 1.82) is 0 Å². The van der Waals surface area contributed by atoms with E-state index in [1.54, 1.807) is 24.3 Å². The van der Waals surface area contributed by atoms with Crippen LogP contribution in [0.5, 0.6) is 5.75 Å². The fourth-order valence-electron chi connectivity index (χ4n) is 4.81. The lowest BCUT2D eigenvalue weighted by atomic mass is 9.77. The van der Waals surface area contributed by atoms with Gasteiger partial charge in [-0.1, -0.05) is 55.0 Å². The predicted octanol–water partition coefficient (Wildman–Crippen LogP) is 4.49. The van der Waals surface area contributed by atoms with Gasteiger partial charge in [0, 0.05) is 25.7 Å². The van der Waals surface area contributed by atoms with Crippen LogP contribution in [-0.4, -0.2) is 40.9 Å². The number of nitrogens with zero attached hydrogens (tertiary/aromatic N) is 1. The van der Waals surface area contributed by atoms with Gasteiger partial charge in [0.25, 0.3) is 0 Å². The summed E-state index contributed by atoms with van der Waals surface area (Å²) in [5, 5.41) is 17.7. The molecule has 1 aliphatic heterocycles. The molecule has 0 aromatic heterocycles. The summed E-state index contributed by atoms with van der Waals surface area (Å²) in [6.07, 6.45) is 7.59. The van der Waals surface area contributed by atoms with Crippen LogP contribution in [0.15, 0.2) is 60.7 Å². The number of para-hydroxylation sites is 1. The van der Waals surface area contributed by atoms with Gasteiger partial charge in [-0.25, -0.2) is 0 Å². The van der Waals surface area contributed by atoms with E-state index in [4.69, 9.17) is 10.2 Å². The van der Waals surface area contributed by atoms with E-state index in [1.807, 2.05) is 6.07 Å². The van der Waals surface area contributed by atoms with Crippen molar-refractivity contribution in [2.24, 2.45) is 11.8 Å². The molecule has 0 radical (unpaired) electrons. The molecule has 0 amide bonds. The zero-order valence-electron chi connectivity index (χ0n) is 16.2. The third-order valence-electron chi connectivity index (χ3n) is 6.09. The van der Waals surface area contributed by atoms with Crippen molar-refractivity contribution in [3.05, 3.63) is 66.2 Å². The molecule has 1 heterocycles. The Bertz CT molecular complexity index is 646. The van der Waals surface area contributed by atoms with E-state index in [9.17, 15) is 0 Å². The second kappa shape index (κ2) is 10.5. The summed E-state index contributed by atoms with van der Waals surface area (Å²) >= 11 is 0. The zero-order chi connectivity index (χ0) is 18.9. The number of aliphatic hydroxyl groups is 1. The van der Waals surface area contributed by atoms with Crippen molar-refractivity contribution in [3.8, 4) is 5.75 Å². The van der Waals surface area contributed by atoms with Crippen LogP contribution in [0, 0.1) is 11.8 Å². The number of likely N-dealkylation sites (tertiary alicyclic amines) is 1. The molecule has 146 valence electrons. The second-order valence-electron chi connectivity index (χ2n) is 7.85. The highest BCUT2D eigenvalue weighted by Gasteiger charge is 2.42. The minimum Gasteiger partial charge on any atom is -0.508 e. The molecule has 3 atom stereocenters. The molecular weight excluding hydrogens is 334 g/mol. The normalized spacial score (nSPS) is 24.3. The molecule has 3 heteroatoms. The third kappa shape index (κ3) is 5.82. The van der Waals surface area contributed by atoms with Gasteiger partial charge in [0.2, 0.25) is 0 Å². The number of phenols is 1. The number of hydrogen-bond acceptors (Lipinski definition) is 3. The first-order valence-electron chi connectivity index (χ1n) is 10.4. The van der Waals surface area contributed by atoms with Crippen LogP contribution in [-0.2, 0) is 6.42 Å². The van der Waals surface area contributed by atoms with Gasteiger partial charge in [-0.05, 0) is 61.6 Å². The molecule has 2 bridgehead atoms. The summed E-state index contributed by atoms with van der Waals surface area (Å²) < 4.78 is 0. The van der Waals surface area contributed by atoms with Crippen molar-refractivity contribution in [1.82, 2.24) is 4.90 Å². The Hall–Kier alpha value is -1.84. The average Bonchev–Trinajstić information content (AvgIpc) is 2.89. The first-order valence-corrected chi connectivity index (χ1v) is 10.4. The number of aliphatic hydroxyl groups excluding tert-OH is 1. The Balaban J connectivity index is 0.000000253. The van der Waals surface area contributed by atoms with Crippen molar-refractivity contribution >= 4 is 0 Å². The molecule has 3 unspecified atom stereocenters. The maximum atomic E-state index is 9.09. The second-order valence-corrected chi connectivity index (χ2v) is 7.85. The SMILES string of the molecule is OCCCC1C2CCCC1N(CCc1ccccc1)C2.Oc1ccccc1. The Morgan fingerprint density at radius 2 is 1.63 bits per heavy atom. The van der Waals surface area contributed by atoms with Gasteiger partial charge in [0.05, 0.1) is 0 Å². The molecule has 3 nitrogen and oxygen atoms in total. The lowest BCUT2D eigenvalue weighted by molar-refractivity contribution is 0.177. The van der Waals surface area contributed by atoms with Gasteiger partial charge in [0.1, 0.15) is 5.75 Å². The van der Waals surface area contributed by atoms with Gasteiger partial charge in [-0.3, -0.25) is 4.90 Å². The largest absolute Gasteiger partial charge is 0.508 e. The lowest BCUT2D eigenvalue weighted by Crippen LogP contribution is -2.35. The number of phenolic OH excluding ortho intramolecular Hbond substituents is 1. The van der Waals surface area contributed by atoms with Crippen molar-refractivity contribution in [2.75, 3.05) is 19.7 Å². The van der Waals surface area contributed by atoms with Crippen LogP contribution in [0.3, 0.4) is 0 Å². The maximum Gasteiger partial charge on any atom is 0.115 e. The number of fused-ring (bicyclic) bond motifs is 2. The first kappa shape index (κ1) is 19.9. The topological polar surface area (TPSA) is 43.7 Å². The summed E-state index contributed by atoms with van der Waals surface area (Å²) in [4.78, 5) is 2.74. The van der Waals surface area contributed by atoms with Crippen molar-refractivity contribution < 1.29 is 10.2 Å². The van der Waals surface area contributed by atoms with E-state index in [-0.39, 0.29) is 0 Å². The van der Waals surface area contributed by atoms with Crippen LogP contribution >= 0.6 is 0 Å². The number of rotatable bonds is 6. The van der Waals surface area contributed by atoms with Gasteiger partial charge in [-0.15, -0.1) is 0 Å². The van der Waals surface area contributed by atoms with Crippen LogP contribution < -0.4 is 0 Å². The molecular formula is C24H33NO2. The van der Waals surface area contributed by atoms with Crippen molar-refractivity contribution in [3.63, 3.8) is 0 Å². The summed E-state index contributed by atoms with van der Waals surface area (Å²) in [5.74, 6) is 2.07. The van der Waals surface area contributed by atoms with E-state index in [0.29, 0.717) is 12.4 Å². The molecule has 2 aliphatic rings. The smallest absolute Gasteiger partial charge is 0.115 e. The monoisotopic (exact) mass is 367 g/mol.